The summed E-state index contributed by atoms with van der Waals surface area (Å²) in [5.74, 6) is 0.765. The molecular weight excluding hydrogens is 248 g/mol. The molecule has 0 bridgehead atoms. The Balaban J connectivity index is 2.00. The maximum absolute atomic E-state index is 10.5. The maximum atomic E-state index is 10.5. The van der Waals surface area contributed by atoms with Crippen LogP contribution in [0.25, 0.3) is 0 Å². The third-order valence-corrected chi connectivity index (χ3v) is 3.48. The predicted molar refractivity (Wildman–Crippen MR) is 73.5 cm³/mol. The van der Waals surface area contributed by atoms with Gasteiger partial charge in [-0.3, -0.25) is 10.1 Å². The number of nitro groups is 1. The lowest BCUT2D eigenvalue weighted by Crippen LogP contribution is -1.88. The molecule has 18 heavy (non-hydrogen) atoms. The normalized spacial score (nSPS) is 10.2. The zero-order valence-electron chi connectivity index (χ0n) is 9.58. The topological polar surface area (TPSA) is 69.2 Å². The predicted octanol–water partition coefficient (Wildman–Crippen LogP) is 3.47. The van der Waals surface area contributed by atoms with Crippen molar-refractivity contribution in [2.24, 2.45) is 0 Å². The molecule has 2 aromatic rings. The molecule has 0 saturated heterocycles. The summed E-state index contributed by atoms with van der Waals surface area (Å²) >= 11 is 1.65. The van der Waals surface area contributed by atoms with Crippen molar-refractivity contribution in [1.82, 2.24) is 0 Å². The molecule has 0 aliphatic carbocycles. The van der Waals surface area contributed by atoms with E-state index in [1.807, 2.05) is 24.3 Å². The minimum absolute atomic E-state index is 0.118. The van der Waals surface area contributed by atoms with Gasteiger partial charge in [0.15, 0.2) is 0 Å². The van der Waals surface area contributed by atoms with Gasteiger partial charge in [-0.05, 0) is 23.8 Å². The van der Waals surface area contributed by atoms with Crippen molar-refractivity contribution < 1.29 is 4.92 Å². The molecule has 2 rings (SSSR count). The molecular formula is C13H12N2O2S. The number of benzene rings is 2. The van der Waals surface area contributed by atoms with Gasteiger partial charge in [0.2, 0.25) is 0 Å². The van der Waals surface area contributed by atoms with Crippen molar-refractivity contribution in [3.8, 4) is 0 Å². The molecule has 0 aliphatic heterocycles. The molecule has 0 unspecified atom stereocenters. The lowest BCUT2D eigenvalue weighted by Gasteiger charge is -2.02. The summed E-state index contributed by atoms with van der Waals surface area (Å²) in [6, 6.07) is 14.3. The first kappa shape index (κ1) is 12.4. The second kappa shape index (κ2) is 5.55. The highest BCUT2D eigenvalue weighted by atomic mass is 32.2. The fraction of sp³-hybridized carbons (Fsp3) is 0.0769. The summed E-state index contributed by atoms with van der Waals surface area (Å²) in [4.78, 5) is 11.2. The lowest BCUT2D eigenvalue weighted by atomic mass is 10.2. The van der Waals surface area contributed by atoms with E-state index in [0.717, 1.165) is 21.9 Å². The molecule has 2 aromatic carbocycles. The van der Waals surface area contributed by atoms with Gasteiger partial charge >= 0.3 is 0 Å². The Labute approximate surface area is 109 Å². The van der Waals surface area contributed by atoms with Gasteiger partial charge in [0.25, 0.3) is 5.69 Å². The molecule has 0 aromatic heterocycles. The van der Waals surface area contributed by atoms with Gasteiger partial charge < -0.3 is 5.73 Å². The molecule has 0 spiro atoms. The van der Waals surface area contributed by atoms with Crippen molar-refractivity contribution in [2.75, 3.05) is 5.73 Å². The first-order valence-corrected chi connectivity index (χ1v) is 6.35. The van der Waals surface area contributed by atoms with E-state index in [-0.39, 0.29) is 5.69 Å². The van der Waals surface area contributed by atoms with Crippen LogP contribution in [0.5, 0.6) is 0 Å². The Morgan fingerprint density at radius 1 is 1.17 bits per heavy atom. The molecule has 0 amide bonds. The van der Waals surface area contributed by atoms with Crippen LogP contribution >= 0.6 is 11.8 Å². The van der Waals surface area contributed by atoms with Crippen LogP contribution in [0.2, 0.25) is 0 Å². The van der Waals surface area contributed by atoms with Gasteiger partial charge in [0, 0.05) is 28.5 Å². The van der Waals surface area contributed by atoms with E-state index >= 15 is 0 Å². The second-order valence-electron chi connectivity index (χ2n) is 3.78. The minimum atomic E-state index is -0.394. The monoisotopic (exact) mass is 260 g/mol. The first-order chi connectivity index (χ1) is 8.65. The number of nitrogens with two attached hydrogens (primary N) is 1. The van der Waals surface area contributed by atoms with Crippen molar-refractivity contribution in [2.45, 2.75) is 10.6 Å². The molecule has 0 atom stereocenters. The third-order valence-electron chi connectivity index (χ3n) is 2.41. The molecule has 5 heteroatoms. The van der Waals surface area contributed by atoms with Crippen molar-refractivity contribution >= 4 is 23.1 Å². The maximum Gasteiger partial charge on any atom is 0.269 e. The minimum Gasteiger partial charge on any atom is -0.399 e. The van der Waals surface area contributed by atoms with Crippen LogP contribution in [0.1, 0.15) is 5.56 Å². The van der Waals surface area contributed by atoms with Crippen LogP contribution in [0.15, 0.2) is 53.4 Å². The third kappa shape index (κ3) is 3.24. The summed E-state index contributed by atoms with van der Waals surface area (Å²) < 4.78 is 0. The Kier molecular flexibility index (Phi) is 3.84. The highest BCUT2D eigenvalue weighted by Crippen LogP contribution is 2.25. The van der Waals surface area contributed by atoms with Gasteiger partial charge in [-0.1, -0.05) is 18.2 Å². The van der Waals surface area contributed by atoms with Gasteiger partial charge in [-0.2, -0.15) is 0 Å². The summed E-state index contributed by atoms with van der Waals surface area (Å²) in [5.41, 5.74) is 7.60. The average Bonchev–Trinajstić information content (AvgIpc) is 2.37. The van der Waals surface area contributed by atoms with Crippen molar-refractivity contribution in [1.29, 1.82) is 0 Å². The van der Waals surface area contributed by atoms with Crippen LogP contribution in [0.4, 0.5) is 11.4 Å². The van der Waals surface area contributed by atoms with Crippen LogP contribution in [0.3, 0.4) is 0 Å². The molecule has 4 nitrogen and oxygen atoms in total. The smallest absolute Gasteiger partial charge is 0.269 e. The van der Waals surface area contributed by atoms with Crippen molar-refractivity contribution in [3.05, 3.63) is 64.2 Å². The number of rotatable bonds is 4. The summed E-state index contributed by atoms with van der Waals surface area (Å²) in [6.45, 7) is 0. The zero-order chi connectivity index (χ0) is 13.0. The summed E-state index contributed by atoms with van der Waals surface area (Å²) in [6.07, 6.45) is 0. The second-order valence-corrected chi connectivity index (χ2v) is 4.83. The van der Waals surface area contributed by atoms with Gasteiger partial charge in [-0.25, -0.2) is 0 Å². The van der Waals surface area contributed by atoms with E-state index in [9.17, 15) is 10.1 Å². The number of non-ortho nitro benzene ring substituents is 1. The summed E-state index contributed by atoms with van der Waals surface area (Å²) in [7, 11) is 0. The zero-order valence-corrected chi connectivity index (χ0v) is 10.4. The van der Waals surface area contributed by atoms with Gasteiger partial charge in [0.05, 0.1) is 4.92 Å². The van der Waals surface area contributed by atoms with Gasteiger partial charge in [-0.15, -0.1) is 11.8 Å². The van der Waals surface area contributed by atoms with E-state index in [1.165, 1.54) is 12.1 Å². The van der Waals surface area contributed by atoms with Crippen LogP contribution in [-0.2, 0) is 5.75 Å². The molecule has 2 N–H and O–H groups in total. The number of hydrogen-bond acceptors (Lipinski definition) is 4. The Morgan fingerprint density at radius 2 is 1.89 bits per heavy atom. The van der Waals surface area contributed by atoms with Gasteiger partial charge in [0.1, 0.15) is 0 Å². The van der Waals surface area contributed by atoms with E-state index in [2.05, 4.69) is 0 Å². The highest BCUT2D eigenvalue weighted by Gasteiger charge is 2.04. The van der Waals surface area contributed by atoms with E-state index in [0.29, 0.717) is 0 Å². The fourth-order valence-electron chi connectivity index (χ4n) is 1.48. The average molecular weight is 260 g/mol. The molecule has 0 aliphatic rings. The highest BCUT2D eigenvalue weighted by molar-refractivity contribution is 7.98. The molecule has 0 radical (unpaired) electrons. The van der Waals surface area contributed by atoms with E-state index in [1.54, 1.807) is 23.9 Å². The SMILES string of the molecule is Nc1cccc(SCc2ccc([N+](=O)[O-])cc2)c1. The van der Waals surface area contributed by atoms with Crippen LogP contribution in [-0.4, -0.2) is 4.92 Å². The quantitative estimate of drug-likeness (QED) is 0.395. The standard InChI is InChI=1S/C13H12N2O2S/c14-11-2-1-3-13(8-11)18-9-10-4-6-12(7-5-10)15(16)17/h1-8H,9,14H2. The Morgan fingerprint density at radius 3 is 2.50 bits per heavy atom. The lowest BCUT2D eigenvalue weighted by molar-refractivity contribution is -0.384. The Bertz CT molecular complexity index is 555. The number of nitro benzene ring substituents is 1. The largest absolute Gasteiger partial charge is 0.399 e. The van der Waals surface area contributed by atoms with E-state index in [4.69, 9.17) is 5.73 Å². The van der Waals surface area contributed by atoms with E-state index < -0.39 is 4.92 Å². The van der Waals surface area contributed by atoms with Crippen LogP contribution in [0, 0.1) is 10.1 Å². The molecule has 0 heterocycles. The molecule has 0 saturated carbocycles. The number of anilines is 1. The Hall–Kier alpha value is -2.01. The molecule has 0 fully saturated rings. The number of nitrogen functional groups attached to an aromatic ring is 1. The molecule has 92 valence electrons. The first-order valence-electron chi connectivity index (χ1n) is 5.37. The number of thioether (sulfide) groups is 1. The fourth-order valence-corrected chi connectivity index (χ4v) is 2.40. The van der Waals surface area contributed by atoms with Crippen molar-refractivity contribution in [3.63, 3.8) is 0 Å². The van der Waals surface area contributed by atoms with Crippen LogP contribution < -0.4 is 5.73 Å². The number of hydrogen-bond donors (Lipinski definition) is 1. The number of nitrogens with zero attached hydrogens (tertiary/aromatic N) is 1. The summed E-state index contributed by atoms with van der Waals surface area (Å²) in [5, 5.41) is 10.5.